The Morgan fingerprint density at radius 1 is 0.860 bits per heavy atom. The number of rotatable bonds is 9. The normalized spacial score (nSPS) is 13.5. The van der Waals surface area contributed by atoms with E-state index in [-0.39, 0.29) is 48.9 Å². The molecule has 1 N–H and O–H groups in total. The van der Waals surface area contributed by atoms with Crippen molar-refractivity contribution in [3.8, 4) is 22.6 Å². The summed E-state index contributed by atoms with van der Waals surface area (Å²) in [5.74, 6) is 1.97. The summed E-state index contributed by atoms with van der Waals surface area (Å²) < 4.78 is 12.8. The van der Waals surface area contributed by atoms with Crippen LogP contribution in [0.25, 0.3) is 55.5 Å². The number of pyridine rings is 1. The van der Waals surface area contributed by atoms with Crippen LogP contribution in [0.2, 0.25) is 0 Å². The van der Waals surface area contributed by atoms with Crippen molar-refractivity contribution in [1.29, 1.82) is 0 Å². The Morgan fingerprint density at radius 3 is 2.22 bits per heavy atom. The topological polar surface area (TPSA) is 76.5 Å². The Kier molecular flexibility index (Phi) is 11.2. The number of para-hydroxylation sites is 1. The smallest absolute Gasteiger partial charge is 0.162 e. The summed E-state index contributed by atoms with van der Waals surface area (Å²) in [5, 5.41) is 13.1. The van der Waals surface area contributed by atoms with Crippen LogP contribution in [0.3, 0.4) is 0 Å². The summed E-state index contributed by atoms with van der Waals surface area (Å²) in [7, 11) is 0. The van der Waals surface area contributed by atoms with Crippen molar-refractivity contribution in [1.82, 2.24) is 4.98 Å². The van der Waals surface area contributed by atoms with Crippen LogP contribution in [0, 0.1) is 17.9 Å². The average Bonchev–Trinajstić information content (AvgIpc) is 3.74. The Balaban J connectivity index is 0.000000261. The molecule has 3 aromatic heterocycles. The Bertz CT molecular complexity index is 2180. The van der Waals surface area contributed by atoms with Gasteiger partial charge in [0.15, 0.2) is 5.78 Å². The fourth-order valence-corrected chi connectivity index (χ4v) is 7.54. The molecule has 0 fully saturated rings. The van der Waals surface area contributed by atoms with E-state index in [0.29, 0.717) is 5.92 Å². The van der Waals surface area contributed by atoms with Crippen molar-refractivity contribution in [3.05, 3.63) is 101 Å². The van der Waals surface area contributed by atoms with E-state index in [0.717, 1.165) is 75.8 Å². The summed E-state index contributed by atoms with van der Waals surface area (Å²) >= 11 is 0. The van der Waals surface area contributed by atoms with Crippen LogP contribution in [0.1, 0.15) is 104 Å². The number of furan rings is 2. The van der Waals surface area contributed by atoms with Gasteiger partial charge in [-0.1, -0.05) is 85.2 Å². The molecular weight excluding hydrogens is 799 g/mol. The van der Waals surface area contributed by atoms with Crippen LogP contribution < -0.4 is 0 Å². The molecular formula is C44H48IrNO4-. The maximum atomic E-state index is 11.7. The minimum absolute atomic E-state index is 0. The van der Waals surface area contributed by atoms with Crippen molar-refractivity contribution >= 4 is 38.7 Å². The predicted molar refractivity (Wildman–Crippen MR) is 201 cm³/mol. The van der Waals surface area contributed by atoms with E-state index in [2.05, 4.69) is 64.1 Å². The Labute approximate surface area is 309 Å². The molecule has 0 saturated carbocycles. The number of fused-ring (bicyclic) bond motifs is 8. The molecule has 50 heavy (non-hydrogen) atoms. The van der Waals surface area contributed by atoms with Crippen LogP contribution in [0.15, 0.2) is 87.5 Å². The quantitative estimate of drug-likeness (QED) is 0.0891. The second-order valence-corrected chi connectivity index (χ2v) is 14.1. The minimum Gasteiger partial charge on any atom is -0.512 e. The molecule has 0 atom stereocenters. The molecule has 0 spiro atoms. The SMILES string of the molecule is CC(C)c1ccc2oc3c(c2c1)C(C)(C)c1c(-c2nccc4c2oc2ccccc24)[c-]ccc1-3.CCC(CC)C(=O)/C=C(\O)C(CC)CC.[Ir]. The number of nitrogens with zero attached hydrogens (tertiary/aromatic N) is 1. The van der Waals surface area contributed by atoms with Crippen molar-refractivity contribution in [2.45, 2.75) is 92.4 Å². The molecule has 0 bridgehead atoms. The van der Waals surface area contributed by atoms with Crippen LogP contribution in [0.5, 0.6) is 0 Å². The first-order valence-corrected chi connectivity index (χ1v) is 17.9. The summed E-state index contributed by atoms with van der Waals surface area (Å²) in [6.45, 7) is 17.1. The zero-order valence-electron chi connectivity index (χ0n) is 30.4. The van der Waals surface area contributed by atoms with E-state index in [4.69, 9.17) is 13.8 Å². The fourth-order valence-electron chi connectivity index (χ4n) is 7.54. The first kappa shape index (κ1) is 37.3. The number of carbonyl (C=O) groups excluding carboxylic acids is 1. The van der Waals surface area contributed by atoms with Crippen LogP contribution in [0.4, 0.5) is 0 Å². The standard InChI is InChI=1S/C31H24NO2.C13H24O2.Ir/c1-17(2)18-12-13-25-23(16-18)27-29(33-25)22-10-7-9-21(26(22)31(27,3)4)28-30-20(14-15-32-28)19-8-5-6-11-24(19)34-30;1-5-10(6-2)12(14)9-13(15)11(7-3)8-4;/h5-8,10-17H,1-4H3;9-11,14H,5-8H2,1-4H3;/q-1;;/b;12-9-;. The van der Waals surface area contributed by atoms with Crippen LogP contribution >= 0.6 is 0 Å². The maximum absolute atomic E-state index is 11.7. The summed E-state index contributed by atoms with van der Waals surface area (Å²) in [4.78, 5) is 16.5. The first-order valence-electron chi connectivity index (χ1n) is 17.9. The van der Waals surface area contributed by atoms with E-state index in [1.165, 1.54) is 28.2 Å². The molecule has 1 aliphatic rings. The van der Waals surface area contributed by atoms with Gasteiger partial charge in [-0.3, -0.25) is 4.79 Å². The third-order valence-corrected chi connectivity index (χ3v) is 10.5. The third kappa shape index (κ3) is 6.49. The first-order chi connectivity index (χ1) is 23.5. The zero-order chi connectivity index (χ0) is 35.0. The number of hydrogen-bond acceptors (Lipinski definition) is 5. The molecule has 1 radical (unpaired) electrons. The number of aromatic nitrogens is 1. The van der Waals surface area contributed by atoms with Gasteiger partial charge in [-0.25, -0.2) is 0 Å². The van der Waals surface area contributed by atoms with Gasteiger partial charge < -0.3 is 18.9 Å². The maximum Gasteiger partial charge on any atom is 0.162 e. The second kappa shape index (κ2) is 15.1. The number of aliphatic hydroxyl groups excluding tert-OH is 1. The number of ketones is 1. The van der Waals surface area contributed by atoms with Gasteiger partial charge >= 0.3 is 0 Å². The van der Waals surface area contributed by atoms with Gasteiger partial charge in [-0.05, 0) is 66.8 Å². The zero-order valence-corrected chi connectivity index (χ0v) is 32.8. The Hall–Kier alpha value is -3.99. The molecule has 1 aliphatic carbocycles. The van der Waals surface area contributed by atoms with E-state index in [9.17, 15) is 9.90 Å². The van der Waals surface area contributed by atoms with Crippen molar-refractivity contribution in [3.63, 3.8) is 0 Å². The van der Waals surface area contributed by atoms with Crippen LogP contribution in [-0.2, 0) is 30.3 Å². The van der Waals surface area contributed by atoms with Gasteiger partial charge in [-0.15, -0.1) is 29.3 Å². The summed E-state index contributed by atoms with van der Waals surface area (Å²) in [5.41, 5.74) is 9.04. The van der Waals surface area contributed by atoms with Crippen molar-refractivity contribution in [2.75, 3.05) is 0 Å². The second-order valence-electron chi connectivity index (χ2n) is 14.1. The number of aliphatic hydroxyl groups is 1. The average molecular weight is 847 g/mol. The monoisotopic (exact) mass is 847 g/mol. The molecule has 6 aromatic rings. The summed E-state index contributed by atoms with van der Waals surface area (Å²) in [6, 6.07) is 24.4. The molecule has 5 nitrogen and oxygen atoms in total. The largest absolute Gasteiger partial charge is 0.512 e. The van der Waals surface area contributed by atoms with Gasteiger partial charge in [-0.2, -0.15) is 0 Å². The van der Waals surface area contributed by atoms with E-state index in [1.807, 2.05) is 64.2 Å². The van der Waals surface area contributed by atoms with Gasteiger partial charge in [0, 0.05) is 71.6 Å². The number of hydrogen-bond donors (Lipinski definition) is 1. The van der Waals surface area contributed by atoms with Crippen molar-refractivity contribution in [2.24, 2.45) is 11.8 Å². The number of benzene rings is 3. The van der Waals surface area contributed by atoms with Gasteiger partial charge in [0.25, 0.3) is 0 Å². The van der Waals surface area contributed by atoms with E-state index < -0.39 is 0 Å². The molecule has 0 unspecified atom stereocenters. The van der Waals surface area contributed by atoms with Crippen LogP contribution in [-0.4, -0.2) is 15.9 Å². The van der Waals surface area contributed by atoms with Gasteiger partial charge in [0.1, 0.15) is 22.5 Å². The van der Waals surface area contributed by atoms with Gasteiger partial charge in [0.05, 0.1) is 5.76 Å². The molecule has 263 valence electrons. The molecule has 0 amide bonds. The van der Waals surface area contributed by atoms with Gasteiger partial charge in [0.2, 0.25) is 0 Å². The molecule has 3 heterocycles. The number of allylic oxidation sites excluding steroid dienone is 2. The Morgan fingerprint density at radius 2 is 1.54 bits per heavy atom. The third-order valence-electron chi connectivity index (χ3n) is 10.5. The number of carbonyl (C=O) groups is 1. The van der Waals surface area contributed by atoms with Crippen molar-refractivity contribution < 1.29 is 38.8 Å². The minimum atomic E-state index is -0.269. The fraction of sp³-hybridized carbons (Fsp3) is 0.364. The molecule has 0 saturated heterocycles. The molecule has 0 aliphatic heterocycles. The molecule has 3 aromatic carbocycles. The molecule has 6 heteroatoms. The van der Waals surface area contributed by atoms with E-state index in [1.54, 1.807) is 0 Å². The van der Waals surface area contributed by atoms with E-state index >= 15 is 0 Å². The summed E-state index contributed by atoms with van der Waals surface area (Å²) in [6.07, 6.45) is 6.78. The predicted octanol–water partition coefficient (Wildman–Crippen LogP) is 12.5. The molecule has 7 rings (SSSR count).